The van der Waals surface area contributed by atoms with E-state index in [4.69, 9.17) is 4.74 Å². The third-order valence-corrected chi connectivity index (χ3v) is 5.44. The van der Waals surface area contributed by atoms with Crippen LogP contribution in [0.2, 0.25) is 0 Å². The quantitative estimate of drug-likeness (QED) is 0.716. The van der Waals surface area contributed by atoms with E-state index >= 15 is 0 Å². The van der Waals surface area contributed by atoms with Gasteiger partial charge >= 0.3 is 0 Å². The molecule has 1 aromatic heterocycles. The van der Waals surface area contributed by atoms with Gasteiger partial charge < -0.3 is 10.1 Å². The number of methoxy groups -OCH3 is 1. The molecule has 1 aliphatic carbocycles. The largest absolute Gasteiger partial charge is 0.497 e. The van der Waals surface area contributed by atoms with Crippen LogP contribution >= 0.6 is 0 Å². The third-order valence-electron chi connectivity index (χ3n) is 5.44. The maximum atomic E-state index is 5.31. The highest BCUT2D eigenvalue weighted by atomic mass is 16.5. The minimum Gasteiger partial charge on any atom is -0.497 e. The first-order valence-corrected chi connectivity index (χ1v) is 9.28. The standard InChI is InChI=1S/C22H25N3O/c1-26-21-11-7-19(8-12-21)22(13-2-3-14-22)23-17-18-5-9-20(10-6-18)25-16-4-15-24-25/h4-12,15-16,23H,2-3,13-14,17H2,1H3. The average Bonchev–Trinajstić information content (AvgIpc) is 3.40. The van der Waals surface area contributed by atoms with Crippen molar-refractivity contribution in [2.24, 2.45) is 0 Å². The Bertz CT molecular complexity index is 817. The molecule has 1 aliphatic rings. The number of ether oxygens (including phenoxy) is 1. The van der Waals surface area contributed by atoms with Crippen molar-refractivity contribution in [3.05, 3.63) is 78.1 Å². The summed E-state index contributed by atoms with van der Waals surface area (Å²) in [6.07, 6.45) is 8.68. The number of hydrogen-bond donors (Lipinski definition) is 1. The molecular weight excluding hydrogens is 322 g/mol. The van der Waals surface area contributed by atoms with Gasteiger partial charge in [-0.25, -0.2) is 4.68 Å². The van der Waals surface area contributed by atoms with Gasteiger partial charge in [0, 0.05) is 24.5 Å². The monoisotopic (exact) mass is 347 g/mol. The second-order valence-corrected chi connectivity index (χ2v) is 6.99. The number of rotatable bonds is 6. The summed E-state index contributed by atoms with van der Waals surface area (Å²) in [5, 5.41) is 8.14. The van der Waals surface area contributed by atoms with E-state index < -0.39 is 0 Å². The minimum absolute atomic E-state index is 0.0763. The summed E-state index contributed by atoms with van der Waals surface area (Å²) in [6, 6.07) is 19.1. The van der Waals surface area contributed by atoms with Crippen LogP contribution in [0.25, 0.3) is 5.69 Å². The van der Waals surface area contributed by atoms with Crippen LogP contribution < -0.4 is 10.1 Å². The molecule has 1 N–H and O–H groups in total. The lowest BCUT2D eigenvalue weighted by molar-refractivity contribution is 0.338. The first-order valence-electron chi connectivity index (χ1n) is 9.28. The van der Waals surface area contributed by atoms with Crippen molar-refractivity contribution in [2.45, 2.75) is 37.8 Å². The van der Waals surface area contributed by atoms with Crippen LogP contribution in [-0.2, 0) is 12.1 Å². The van der Waals surface area contributed by atoms with Crippen LogP contribution in [0, 0.1) is 0 Å². The number of nitrogens with zero attached hydrogens (tertiary/aromatic N) is 2. The molecule has 0 amide bonds. The molecule has 0 radical (unpaired) electrons. The molecule has 4 rings (SSSR count). The number of benzene rings is 2. The van der Waals surface area contributed by atoms with Gasteiger partial charge in [-0.2, -0.15) is 5.10 Å². The van der Waals surface area contributed by atoms with Gasteiger partial charge in [-0.05, 0) is 54.3 Å². The van der Waals surface area contributed by atoms with Crippen molar-refractivity contribution in [3.8, 4) is 11.4 Å². The van der Waals surface area contributed by atoms with Crippen molar-refractivity contribution in [1.82, 2.24) is 15.1 Å². The van der Waals surface area contributed by atoms with Gasteiger partial charge in [0.05, 0.1) is 12.8 Å². The maximum Gasteiger partial charge on any atom is 0.118 e. The second kappa shape index (κ2) is 7.34. The van der Waals surface area contributed by atoms with Crippen LogP contribution in [0.4, 0.5) is 0 Å². The summed E-state index contributed by atoms with van der Waals surface area (Å²) >= 11 is 0. The molecule has 2 aromatic carbocycles. The Kier molecular flexibility index (Phi) is 4.76. The van der Waals surface area contributed by atoms with Crippen molar-refractivity contribution in [2.75, 3.05) is 7.11 Å². The molecule has 26 heavy (non-hydrogen) atoms. The van der Waals surface area contributed by atoms with Crippen molar-refractivity contribution in [1.29, 1.82) is 0 Å². The number of hydrogen-bond acceptors (Lipinski definition) is 3. The third kappa shape index (κ3) is 3.37. The minimum atomic E-state index is 0.0763. The highest BCUT2D eigenvalue weighted by Gasteiger charge is 2.34. The van der Waals surface area contributed by atoms with E-state index in [-0.39, 0.29) is 5.54 Å². The normalized spacial score (nSPS) is 15.9. The van der Waals surface area contributed by atoms with Crippen molar-refractivity contribution in [3.63, 3.8) is 0 Å². The molecule has 0 spiro atoms. The molecule has 3 aromatic rings. The van der Waals surface area contributed by atoms with Crippen LogP contribution in [0.15, 0.2) is 67.0 Å². The summed E-state index contributed by atoms with van der Waals surface area (Å²) in [5.74, 6) is 0.913. The second-order valence-electron chi connectivity index (χ2n) is 6.99. The molecule has 0 atom stereocenters. The zero-order chi connectivity index (χ0) is 17.8. The lowest BCUT2D eigenvalue weighted by atomic mass is 9.88. The Balaban J connectivity index is 1.48. The van der Waals surface area contributed by atoms with Crippen LogP contribution in [-0.4, -0.2) is 16.9 Å². The van der Waals surface area contributed by atoms with Crippen LogP contribution in [0.5, 0.6) is 5.75 Å². The molecule has 1 heterocycles. The summed E-state index contributed by atoms with van der Waals surface area (Å²) in [7, 11) is 1.71. The molecule has 134 valence electrons. The molecule has 1 saturated carbocycles. The van der Waals surface area contributed by atoms with E-state index in [1.807, 2.05) is 16.9 Å². The fourth-order valence-electron chi connectivity index (χ4n) is 3.92. The predicted molar refractivity (Wildman–Crippen MR) is 104 cm³/mol. The van der Waals surface area contributed by atoms with Crippen LogP contribution in [0.3, 0.4) is 0 Å². The Morgan fingerprint density at radius 2 is 1.77 bits per heavy atom. The van der Waals surface area contributed by atoms with Gasteiger partial charge in [-0.3, -0.25) is 0 Å². The number of aromatic nitrogens is 2. The Morgan fingerprint density at radius 1 is 1.04 bits per heavy atom. The Labute approximate surface area is 154 Å². The highest BCUT2D eigenvalue weighted by molar-refractivity contribution is 5.35. The molecule has 4 nitrogen and oxygen atoms in total. The summed E-state index contributed by atoms with van der Waals surface area (Å²) in [5.41, 5.74) is 3.82. The molecule has 0 unspecified atom stereocenters. The molecule has 4 heteroatoms. The van der Waals surface area contributed by atoms with Gasteiger partial charge in [0.2, 0.25) is 0 Å². The average molecular weight is 347 g/mol. The van der Waals surface area contributed by atoms with E-state index in [1.54, 1.807) is 13.3 Å². The van der Waals surface area contributed by atoms with E-state index in [2.05, 4.69) is 58.9 Å². The van der Waals surface area contributed by atoms with Crippen molar-refractivity contribution >= 4 is 0 Å². The van der Waals surface area contributed by atoms with Gasteiger partial charge in [-0.15, -0.1) is 0 Å². The Hall–Kier alpha value is -2.59. The number of nitrogens with one attached hydrogen (secondary N) is 1. The molecular formula is C22H25N3O. The lowest BCUT2D eigenvalue weighted by Gasteiger charge is -2.31. The molecule has 0 bridgehead atoms. The van der Waals surface area contributed by atoms with E-state index in [1.165, 1.54) is 36.8 Å². The SMILES string of the molecule is COc1ccc(C2(NCc3ccc(-n4cccn4)cc3)CCCC2)cc1. The van der Waals surface area contributed by atoms with Gasteiger partial charge in [0.1, 0.15) is 5.75 Å². The summed E-state index contributed by atoms with van der Waals surface area (Å²) < 4.78 is 7.19. The zero-order valence-corrected chi connectivity index (χ0v) is 15.2. The highest BCUT2D eigenvalue weighted by Crippen LogP contribution is 2.39. The van der Waals surface area contributed by atoms with Gasteiger partial charge in [0.15, 0.2) is 0 Å². The Morgan fingerprint density at radius 3 is 2.38 bits per heavy atom. The van der Waals surface area contributed by atoms with E-state index in [9.17, 15) is 0 Å². The predicted octanol–water partition coefficient (Wildman–Crippen LogP) is 4.44. The van der Waals surface area contributed by atoms with Gasteiger partial charge in [-0.1, -0.05) is 37.1 Å². The maximum absolute atomic E-state index is 5.31. The summed E-state index contributed by atoms with van der Waals surface area (Å²) in [4.78, 5) is 0. The van der Waals surface area contributed by atoms with Crippen molar-refractivity contribution < 1.29 is 4.74 Å². The summed E-state index contributed by atoms with van der Waals surface area (Å²) in [6.45, 7) is 0.866. The van der Waals surface area contributed by atoms with E-state index in [0.29, 0.717) is 0 Å². The fraction of sp³-hybridized carbons (Fsp3) is 0.318. The molecule has 0 saturated heterocycles. The first-order chi connectivity index (χ1) is 12.8. The molecule has 0 aliphatic heterocycles. The lowest BCUT2D eigenvalue weighted by Crippen LogP contribution is -2.39. The van der Waals surface area contributed by atoms with Crippen LogP contribution in [0.1, 0.15) is 36.8 Å². The van der Waals surface area contributed by atoms with E-state index in [0.717, 1.165) is 18.0 Å². The molecule has 1 fully saturated rings. The zero-order valence-electron chi connectivity index (χ0n) is 15.2. The van der Waals surface area contributed by atoms with Gasteiger partial charge in [0.25, 0.3) is 0 Å². The fourth-order valence-corrected chi connectivity index (χ4v) is 3.92. The topological polar surface area (TPSA) is 39.1 Å². The first kappa shape index (κ1) is 16.9. The smallest absolute Gasteiger partial charge is 0.118 e.